The number of rotatable bonds is 3. The van der Waals surface area contributed by atoms with Crippen LogP contribution < -0.4 is 4.74 Å². The summed E-state index contributed by atoms with van der Waals surface area (Å²) >= 11 is 5.97. The van der Waals surface area contributed by atoms with Gasteiger partial charge in [0, 0.05) is 16.7 Å². The predicted octanol–water partition coefficient (Wildman–Crippen LogP) is 4.55. The highest BCUT2D eigenvalue weighted by Gasteiger charge is 2.09. The van der Waals surface area contributed by atoms with Gasteiger partial charge in [0.2, 0.25) is 5.88 Å². The summed E-state index contributed by atoms with van der Waals surface area (Å²) in [6, 6.07) is 17.6. The number of phenols is 1. The number of aromatic nitrogens is 3. The molecule has 0 atom stereocenters. The Bertz CT molecular complexity index is 1030. The van der Waals surface area contributed by atoms with Crippen LogP contribution in [-0.2, 0) is 0 Å². The molecule has 6 heteroatoms. The molecule has 118 valence electrons. The summed E-state index contributed by atoms with van der Waals surface area (Å²) in [5.41, 5.74) is 2.26. The zero-order valence-corrected chi connectivity index (χ0v) is 13.2. The summed E-state index contributed by atoms with van der Waals surface area (Å²) in [7, 11) is 0. The number of benzene rings is 2. The van der Waals surface area contributed by atoms with Crippen LogP contribution in [0.15, 0.2) is 66.9 Å². The molecule has 2 aromatic heterocycles. The molecule has 4 rings (SSSR count). The Hall–Kier alpha value is -3.05. The van der Waals surface area contributed by atoms with E-state index in [9.17, 15) is 5.11 Å². The van der Waals surface area contributed by atoms with Crippen LogP contribution in [-0.4, -0.2) is 19.7 Å². The Morgan fingerprint density at radius 3 is 2.71 bits per heavy atom. The van der Waals surface area contributed by atoms with Gasteiger partial charge in [-0.2, -0.15) is 0 Å². The first-order valence-electron chi connectivity index (χ1n) is 7.27. The first-order chi connectivity index (χ1) is 11.7. The maximum absolute atomic E-state index is 9.67. The maximum atomic E-state index is 9.67. The number of aromatic hydroxyl groups is 1. The SMILES string of the molecule is Oc1cccc(-c2cnc3ccc(Oc4cccc(Cl)c4)nn23)c1. The highest BCUT2D eigenvalue weighted by molar-refractivity contribution is 6.30. The van der Waals surface area contributed by atoms with Crippen molar-refractivity contribution in [3.05, 3.63) is 71.9 Å². The molecule has 0 radical (unpaired) electrons. The van der Waals surface area contributed by atoms with Crippen molar-refractivity contribution < 1.29 is 9.84 Å². The lowest BCUT2D eigenvalue weighted by molar-refractivity contribution is 0.453. The largest absolute Gasteiger partial charge is 0.508 e. The molecule has 0 saturated carbocycles. The number of hydrogen-bond donors (Lipinski definition) is 1. The van der Waals surface area contributed by atoms with Crippen LogP contribution >= 0.6 is 11.6 Å². The molecule has 0 bridgehead atoms. The van der Waals surface area contributed by atoms with Gasteiger partial charge in [0.1, 0.15) is 11.5 Å². The Labute approximate surface area is 142 Å². The molecule has 0 aliphatic heterocycles. The van der Waals surface area contributed by atoms with Gasteiger partial charge in [-0.3, -0.25) is 0 Å². The van der Waals surface area contributed by atoms with Gasteiger partial charge in [0.05, 0.1) is 11.9 Å². The summed E-state index contributed by atoms with van der Waals surface area (Å²) in [6.45, 7) is 0. The zero-order valence-electron chi connectivity index (χ0n) is 12.4. The first-order valence-corrected chi connectivity index (χ1v) is 7.64. The van der Waals surface area contributed by atoms with E-state index < -0.39 is 0 Å². The smallest absolute Gasteiger partial charge is 0.237 e. The number of nitrogens with zero attached hydrogens (tertiary/aromatic N) is 3. The highest BCUT2D eigenvalue weighted by Crippen LogP contribution is 2.26. The van der Waals surface area contributed by atoms with Crippen molar-refractivity contribution in [1.29, 1.82) is 0 Å². The molecule has 0 unspecified atom stereocenters. The Kier molecular flexibility index (Phi) is 3.55. The minimum Gasteiger partial charge on any atom is -0.508 e. The van der Waals surface area contributed by atoms with Crippen LogP contribution in [0.5, 0.6) is 17.4 Å². The molecule has 4 aromatic rings. The molecule has 0 amide bonds. The van der Waals surface area contributed by atoms with Crippen LogP contribution in [0.3, 0.4) is 0 Å². The molecular weight excluding hydrogens is 326 g/mol. The molecule has 0 spiro atoms. The van der Waals surface area contributed by atoms with Gasteiger partial charge in [-0.1, -0.05) is 29.8 Å². The summed E-state index contributed by atoms with van der Waals surface area (Å²) in [6.07, 6.45) is 1.71. The fourth-order valence-corrected chi connectivity index (χ4v) is 2.60. The van der Waals surface area contributed by atoms with Crippen molar-refractivity contribution in [2.45, 2.75) is 0 Å². The third kappa shape index (κ3) is 2.77. The van der Waals surface area contributed by atoms with Crippen molar-refractivity contribution in [3.8, 4) is 28.6 Å². The normalized spacial score (nSPS) is 10.9. The molecule has 1 N–H and O–H groups in total. The molecule has 0 aliphatic carbocycles. The molecular formula is C18H12ClN3O2. The van der Waals surface area contributed by atoms with E-state index in [4.69, 9.17) is 16.3 Å². The van der Waals surface area contributed by atoms with Crippen LogP contribution in [0.2, 0.25) is 5.02 Å². The fourth-order valence-electron chi connectivity index (χ4n) is 2.42. The number of fused-ring (bicyclic) bond motifs is 1. The third-order valence-corrected chi connectivity index (χ3v) is 3.73. The van der Waals surface area contributed by atoms with Crippen LogP contribution in [0, 0.1) is 0 Å². The molecule has 0 aliphatic rings. The van der Waals surface area contributed by atoms with Crippen molar-refractivity contribution in [1.82, 2.24) is 14.6 Å². The van der Waals surface area contributed by atoms with Gasteiger partial charge >= 0.3 is 0 Å². The number of ether oxygens (including phenoxy) is 1. The van der Waals surface area contributed by atoms with Crippen molar-refractivity contribution in [2.24, 2.45) is 0 Å². The number of phenolic OH excluding ortho intramolecular Hbond substituents is 1. The molecule has 2 aromatic carbocycles. The second kappa shape index (κ2) is 5.86. The Balaban J connectivity index is 1.76. The topological polar surface area (TPSA) is 59.7 Å². The van der Waals surface area contributed by atoms with Crippen LogP contribution in [0.1, 0.15) is 0 Å². The second-order valence-corrected chi connectivity index (χ2v) is 5.63. The van der Waals surface area contributed by atoms with E-state index >= 15 is 0 Å². The third-order valence-electron chi connectivity index (χ3n) is 3.50. The summed E-state index contributed by atoms with van der Waals surface area (Å²) < 4.78 is 7.43. The zero-order chi connectivity index (χ0) is 16.5. The summed E-state index contributed by atoms with van der Waals surface area (Å²) in [5.74, 6) is 1.21. The second-order valence-electron chi connectivity index (χ2n) is 5.19. The molecule has 0 fully saturated rings. The number of imidazole rings is 1. The van der Waals surface area contributed by atoms with Crippen molar-refractivity contribution in [2.75, 3.05) is 0 Å². The molecule has 0 saturated heterocycles. The lowest BCUT2D eigenvalue weighted by atomic mass is 10.1. The van der Waals surface area contributed by atoms with Crippen molar-refractivity contribution in [3.63, 3.8) is 0 Å². The molecule has 5 nitrogen and oxygen atoms in total. The lowest BCUT2D eigenvalue weighted by Crippen LogP contribution is -1.97. The van der Waals surface area contributed by atoms with E-state index in [2.05, 4.69) is 10.1 Å². The fraction of sp³-hybridized carbons (Fsp3) is 0. The van der Waals surface area contributed by atoms with Gasteiger partial charge in [-0.25, -0.2) is 9.50 Å². The minimum absolute atomic E-state index is 0.189. The highest BCUT2D eigenvalue weighted by atomic mass is 35.5. The van der Waals surface area contributed by atoms with Crippen molar-refractivity contribution >= 4 is 17.2 Å². The quantitative estimate of drug-likeness (QED) is 0.596. The minimum atomic E-state index is 0.189. The summed E-state index contributed by atoms with van der Waals surface area (Å²) in [5, 5.41) is 14.7. The van der Waals surface area contributed by atoms with Gasteiger partial charge in [-0.05, 0) is 36.4 Å². The average molecular weight is 338 g/mol. The Morgan fingerprint density at radius 1 is 1.00 bits per heavy atom. The Morgan fingerprint density at radius 2 is 1.88 bits per heavy atom. The molecule has 24 heavy (non-hydrogen) atoms. The van der Waals surface area contributed by atoms with Crippen LogP contribution in [0.4, 0.5) is 0 Å². The molecule has 2 heterocycles. The van der Waals surface area contributed by atoms with Gasteiger partial charge in [0.15, 0.2) is 5.65 Å². The lowest BCUT2D eigenvalue weighted by Gasteiger charge is -2.07. The number of halogens is 1. The first kappa shape index (κ1) is 14.5. The van der Waals surface area contributed by atoms with Crippen LogP contribution in [0.25, 0.3) is 16.9 Å². The van der Waals surface area contributed by atoms with E-state index in [-0.39, 0.29) is 5.75 Å². The van der Waals surface area contributed by atoms with Gasteiger partial charge in [-0.15, -0.1) is 5.10 Å². The van der Waals surface area contributed by atoms with E-state index in [0.717, 1.165) is 11.3 Å². The average Bonchev–Trinajstić information content (AvgIpc) is 2.98. The summed E-state index contributed by atoms with van der Waals surface area (Å²) in [4.78, 5) is 4.33. The monoisotopic (exact) mass is 337 g/mol. The predicted molar refractivity (Wildman–Crippen MR) is 91.6 cm³/mol. The number of hydrogen-bond acceptors (Lipinski definition) is 4. The van der Waals surface area contributed by atoms with E-state index in [1.807, 2.05) is 24.3 Å². The maximum Gasteiger partial charge on any atom is 0.237 e. The van der Waals surface area contributed by atoms with E-state index in [1.165, 1.54) is 0 Å². The van der Waals surface area contributed by atoms with Gasteiger partial charge < -0.3 is 9.84 Å². The standard InChI is InChI=1S/C18H12ClN3O2/c19-13-4-2-6-15(10-13)24-18-8-7-17-20-11-16(22(17)21-18)12-3-1-5-14(23)9-12/h1-11,23H. The van der Waals surface area contributed by atoms with E-state index in [0.29, 0.717) is 22.3 Å². The van der Waals surface area contributed by atoms with Gasteiger partial charge in [0.25, 0.3) is 0 Å². The van der Waals surface area contributed by atoms with E-state index in [1.54, 1.807) is 47.1 Å².